The molecule has 1 aromatic carbocycles. The maximum absolute atomic E-state index is 12.2. The van der Waals surface area contributed by atoms with Crippen LogP contribution in [0.3, 0.4) is 0 Å². The van der Waals surface area contributed by atoms with Crippen LogP contribution in [-0.4, -0.2) is 39.2 Å². The molecule has 0 aliphatic heterocycles. The zero-order valence-corrected chi connectivity index (χ0v) is 13.0. The third kappa shape index (κ3) is 4.39. The number of carbonyl (C=O) groups is 1. The Morgan fingerprint density at radius 2 is 2.23 bits per heavy atom. The highest BCUT2D eigenvalue weighted by Crippen LogP contribution is 2.20. The number of aliphatic hydroxyl groups is 1. The summed E-state index contributed by atoms with van der Waals surface area (Å²) in [6, 6.07) is 7.24. The number of aliphatic hydroxyl groups excluding tert-OH is 1. The van der Waals surface area contributed by atoms with Crippen LogP contribution in [0.2, 0.25) is 0 Å². The number of carbonyl (C=O) groups excluding carboxylic acids is 1. The summed E-state index contributed by atoms with van der Waals surface area (Å²) >= 11 is 0. The van der Waals surface area contributed by atoms with Gasteiger partial charge in [-0.2, -0.15) is 0 Å². The molecule has 0 atom stereocenters. The second kappa shape index (κ2) is 7.17. The lowest BCUT2D eigenvalue weighted by atomic mass is 9.89. The molecule has 1 aromatic heterocycles. The van der Waals surface area contributed by atoms with Gasteiger partial charge in [0, 0.05) is 18.7 Å². The van der Waals surface area contributed by atoms with Gasteiger partial charge in [0.2, 0.25) is 0 Å². The molecule has 0 bridgehead atoms. The van der Waals surface area contributed by atoms with Crippen LogP contribution in [0.4, 0.5) is 0 Å². The van der Waals surface area contributed by atoms with Crippen molar-refractivity contribution in [1.82, 2.24) is 20.3 Å². The summed E-state index contributed by atoms with van der Waals surface area (Å²) in [6.07, 6.45) is 5.02. The van der Waals surface area contributed by atoms with Crippen LogP contribution in [0.25, 0.3) is 5.69 Å². The molecule has 6 nitrogen and oxygen atoms in total. The number of hydrogen-bond acceptors (Lipinski definition) is 4. The zero-order chi connectivity index (χ0) is 16.0. The minimum atomic E-state index is -0.108. The third-order valence-corrected chi connectivity index (χ3v) is 3.54. The van der Waals surface area contributed by atoms with Crippen LogP contribution in [-0.2, 0) is 0 Å². The fourth-order valence-electron chi connectivity index (χ4n) is 2.09. The lowest BCUT2D eigenvalue weighted by Gasteiger charge is -2.21. The lowest BCUT2D eigenvalue weighted by Crippen LogP contribution is -2.26. The second-order valence-corrected chi connectivity index (χ2v) is 6.08. The van der Waals surface area contributed by atoms with Gasteiger partial charge in [-0.3, -0.25) is 4.79 Å². The molecular weight excluding hydrogens is 280 g/mol. The molecule has 2 N–H and O–H groups in total. The Kier molecular flexibility index (Phi) is 5.27. The molecule has 1 heterocycles. The van der Waals surface area contributed by atoms with Crippen molar-refractivity contribution in [3.63, 3.8) is 0 Å². The largest absolute Gasteiger partial charge is 0.396 e. The average molecular weight is 302 g/mol. The van der Waals surface area contributed by atoms with Gasteiger partial charge >= 0.3 is 0 Å². The molecule has 2 rings (SSSR count). The van der Waals surface area contributed by atoms with Crippen molar-refractivity contribution in [3.8, 4) is 5.69 Å². The van der Waals surface area contributed by atoms with Crippen LogP contribution in [0.1, 0.15) is 37.0 Å². The van der Waals surface area contributed by atoms with Gasteiger partial charge in [0.05, 0.1) is 18.1 Å². The lowest BCUT2D eigenvalue weighted by molar-refractivity contribution is 0.0948. The topological polar surface area (TPSA) is 80.0 Å². The first-order valence-electron chi connectivity index (χ1n) is 7.38. The van der Waals surface area contributed by atoms with Gasteiger partial charge in [-0.15, -0.1) is 5.10 Å². The van der Waals surface area contributed by atoms with Crippen molar-refractivity contribution in [2.45, 2.75) is 26.7 Å². The Labute approximate surface area is 130 Å². The predicted molar refractivity (Wildman–Crippen MR) is 83.8 cm³/mol. The summed E-state index contributed by atoms with van der Waals surface area (Å²) in [5.74, 6) is -0.108. The molecule has 0 aliphatic carbocycles. The molecule has 2 aromatic rings. The van der Waals surface area contributed by atoms with Crippen molar-refractivity contribution in [2.24, 2.45) is 5.41 Å². The fraction of sp³-hybridized carbons (Fsp3) is 0.438. The standard InChI is InChI=1S/C16H22N4O2/c1-16(2,12-21)7-4-8-17-15(22)13-5-3-6-14(11-13)20-10-9-18-19-20/h3,5-6,9-11,21H,4,7-8,12H2,1-2H3,(H,17,22). The van der Waals surface area contributed by atoms with Crippen molar-refractivity contribution in [3.05, 3.63) is 42.2 Å². The van der Waals surface area contributed by atoms with Crippen molar-refractivity contribution in [2.75, 3.05) is 13.2 Å². The van der Waals surface area contributed by atoms with Crippen LogP contribution in [0.5, 0.6) is 0 Å². The minimum Gasteiger partial charge on any atom is -0.396 e. The van der Waals surface area contributed by atoms with E-state index >= 15 is 0 Å². The number of nitrogens with zero attached hydrogens (tertiary/aromatic N) is 3. The minimum absolute atomic E-state index is 0.0995. The van der Waals surface area contributed by atoms with Gasteiger partial charge < -0.3 is 10.4 Å². The molecule has 0 fully saturated rings. The summed E-state index contributed by atoms with van der Waals surface area (Å²) in [5.41, 5.74) is 1.29. The summed E-state index contributed by atoms with van der Waals surface area (Å²) in [6.45, 7) is 4.77. The van der Waals surface area contributed by atoms with E-state index in [-0.39, 0.29) is 17.9 Å². The molecule has 1 amide bonds. The Morgan fingerprint density at radius 1 is 1.41 bits per heavy atom. The maximum Gasteiger partial charge on any atom is 0.251 e. The number of amides is 1. The van der Waals surface area contributed by atoms with Crippen molar-refractivity contribution >= 4 is 5.91 Å². The molecule has 0 spiro atoms. The van der Waals surface area contributed by atoms with Gasteiger partial charge in [0.25, 0.3) is 5.91 Å². The maximum atomic E-state index is 12.2. The first kappa shape index (κ1) is 16.2. The van der Waals surface area contributed by atoms with E-state index in [0.717, 1.165) is 18.5 Å². The van der Waals surface area contributed by atoms with E-state index in [0.29, 0.717) is 12.1 Å². The van der Waals surface area contributed by atoms with Crippen LogP contribution in [0, 0.1) is 5.41 Å². The molecule has 22 heavy (non-hydrogen) atoms. The highest BCUT2D eigenvalue weighted by molar-refractivity contribution is 5.94. The van der Waals surface area contributed by atoms with Crippen molar-refractivity contribution in [1.29, 1.82) is 0 Å². The van der Waals surface area contributed by atoms with E-state index < -0.39 is 0 Å². The molecule has 0 aliphatic rings. The summed E-state index contributed by atoms with van der Waals surface area (Å²) in [7, 11) is 0. The van der Waals surface area contributed by atoms with Gasteiger partial charge in [-0.1, -0.05) is 25.1 Å². The quantitative estimate of drug-likeness (QED) is 0.764. The van der Waals surface area contributed by atoms with E-state index in [1.807, 2.05) is 26.0 Å². The van der Waals surface area contributed by atoms with E-state index in [4.69, 9.17) is 0 Å². The monoisotopic (exact) mass is 302 g/mol. The molecule has 0 saturated heterocycles. The molecule has 0 unspecified atom stereocenters. The number of benzene rings is 1. The van der Waals surface area contributed by atoms with E-state index in [9.17, 15) is 9.90 Å². The smallest absolute Gasteiger partial charge is 0.251 e. The number of nitrogens with one attached hydrogen (secondary N) is 1. The highest BCUT2D eigenvalue weighted by atomic mass is 16.3. The number of aromatic nitrogens is 3. The van der Waals surface area contributed by atoms with Crippen LogP contribution >= 0.6 is 0 Å². The Hall–Kier alpha value is -2.21. The average Bonchev–Trinajstić information content (AvgIpc) is 3.06. The second-order valence-electron chi connectivity index (χ2n) is 6.08. The molecular formula is C16H22N4O2. The summed E-state index contributed by atoms with van der Waals surface area (Å²) < 4.78 is 1.61. The van der Waals surface area contributed by atoms with Crippen molar-refractivity contribution < 1.29 is 9.90 Å². The zero-order valence-electron chi connectivity index (χ0n) is 13.0. The van der Waals surface area contributed by atoms with Gasteiger partial charge in [0.1, 0.15) is 0 Å². The third-order valence-electron chi connectivity index (χ3n) is 3.54. The molecule has 118 valence electrons. The molecule has 0 saturated carbocycles. The van der Waals surface area contributed by atoms with E-state index in [1.54, 1.807) is 29.2 Å². The van der Waals surface area contributed by atoms with E-state index in [1.165, 1.54) is 0 Å². The first-order chi connectivity index (χ1) is 10.5. The normalized spacial score (nSPS) is 11.4. The Bertz CT molecular complexity index is 608. The van der Waals surface area contributed by atoms with Gasteiger partial charge in [-0.25, -0.2) is 4.68 Å². The summed E-state index contributed by atoms with van der Waals surface area (Å²) in [5, 5.41) is 19.8. The van der Waals surface area contributed by atoms with Crippen LogP contribution < -0.4 is 5.32 Å². The highest BCUT2D eigenvalue weighted by Gasteiger charge is 2.15. The SMILES string of the molecule is CC(C)(CO)CCCNC(=O)c1cccc(-n2ccnn2)c1. The number of hydrogen-bond donors (Lipinski definition) is 2. The molecule has 6 heteroatoms. The van der Waals surface area contributed by atoms with Gasteiger partial charge in [0.15, 0.2) is 0 Å². The summed E-state index contributed by atoms with van der Waals surface area (Å²) in [4.78, 5) is 12.2. The van der Waals surface area contributed by atoms with Gasteiger partial charge in [-0.05, 0) is 36.5 Å². The predicted octanol–water partition coefficient (Wildman–Crippen LogP) is 1.80. The number of rotatable bonds is 7. The van der Waals surface area contributed by atoms with E-state index in [2.05, 4.69) is 15.6 Å². The van der Waals surface area contributed by atoms with Crippen LogP contribution in [0.15, 0.2) is 36.7 Å². The fourth-order valence-corrected chi connectivity index (χ4v) is 2.09. The first-order valence-corrected chi connectivity index (χ1v) is 7.38. The Morgan fingerprint density at radius 3 is 2.91 bits per heavy atom. The Balaban J connectivity index is 1.89. The molecule has 0 radical (unpaired) electrons.